The van der Waals surface area contributed by atoms with Crippen LogP contribution in [-0.2, 0) is 11.2 Å². The molecule has 1 aromatic rings. The minimum Gasteiger partial charge on any atom is -0.396 e. The summed E-state index contributed by atoms with van der Waals surface area (Å²) in [5.74, 6) is 0.134. The molecule has 1 atom stereocenters. The van der Waals surface area contributed by atoms with Crippen molar-refractivity contribution in [3.8, 4) is 0 Å². The summed E-state index contributed by atoms with van der Waals surface area (Å²) in [7, 11) is 0. The Labute approximate surface area is 144 Å². The van der Waals surface area contributed by atoms with Crippen molar-refractivity contribution in [1.29, 1.82) is 0 Å². The third-order valence-electron chi connectivity index (χ3n) is 4.16. The molecule has 1 heterocycles. The Morgan fingerprint density at radius 3 is 2.87 bits per heavy atom. The maximum absolute atomic E-state index is 12.2. The molecule has 1 aliphatic carbocycles. The number of carbonyl (C=O) groups excluding carboxylic acids is 1. The molecule has 5 heteroatoms. The molecule has 23 heavy (non-hydrogen) atoms. The first-order valence-corrected chi connectivity index (χ1v) is 8.47. The highest BCUT2D eigenvalue weighted by molar-refractivity contribution is 9.11. The molecule has 1 fully saturated rings. The maximum atomic E-state index is 12.2. The normalized spacial score (nSPS) is 22.1. The standard InChI is InChI=1S/C18H19BrN2O2/c19-14-3-6-16-13(9-14)10-21-18(23)17(16)11-20-15-4-1-12(2-5-15)7-8-22/h1-5,9,11,16,20,22H,6-8,10H2,(H,21,23). The van der Waals surface area contributed by atoms with E-state index in [0.717, 1.165) is 27.7 Å². The van der Waals surface area contributed by atoms with Crippen molar-refractivity contribution < 1.29 is 9.90 Å². The van der Waals surface area contributed by atoms with Crippen LogP contribution in [0, 0.1) is 5.92 Å². The summed E-state index contributed by atoms with van der Waals surface area (Å²) in [6.45, 7) is 0.760. The minimum absolute atomic E-state index is 0.0111. The first kappa shape index (κ1) is 16.0. The minimum atomic E-state index is -0.0111. The molecule has 1 saturated heterocycles. The molecular weight excluding hydrogens is 356 g/mol. The molecule has 1 unspecified atom stereocenters. The van der Waals surface area contributed by atoms with E-state index >= 15 is 0 Å². The van der Waals surface area contributed by atoms with Crippen LogP contribution < -0.4 is 10.6 Å². The molecule has 1 amide bonds. The van der Waals surface area contributed by atoms with Gasteiger partial charge in [0.25, 0.3) is 0 Å². The number of carbonyl (C=O) groups is 1. The van der Waals surface area contributed by atoms with E-state index < -0.39 is 0 Å². The fourth-order valence-corrected chi connectivity index (χ4v) is 3.37. The maximum Gasteiger partial charge on any atom is 0.249 e. The van der Waals surface area contributed by atoms with Crippen LogP contribution in [0.15, 0.2) is 58.2 Å². The Bertz CT molecular complexity index is 689. The zero-order valence-corrected chi connectivity index (χ0v) is 14.3. The van der Waals surface area contributed by atoms with E-state index in [-0.39, 0.29) is 18.4 Å². The van der Waals surface area contributed by atoms with Crippen molar-refractivity contribution in [1.82, 2.24) is 5.32 Å². The van der Waals surface area contributed by atoms with Crippen LogP contribution in [0.25, 0.3) is 0 Å². The predicted octanol–water partition coefficient (Wildman–Crippen LogP) is 2.87. The van der Waals surface area contributed by atoms with Crippen LogP contribution in [0.3, 0.4) is 0 Å². The van der Waals surface area contributed by atoms with Crippen LogP contribution in [0.1, 0.15) is 12.0 Å². The largest absolute Gasteiger partial charge is 0.396 e. The number of halogens is 1. The number of aliphatic hydroxyl groups is 1. The zero-order valence-electron chi connectivity index (χ0n) is 12.7. The van der Waals surface area contributed by atoms with Crippen molar-refractivity contribution in [3.63, 3.8) is 0 Å². The Hall–Kier alpha value is -1.85. The lowest BCUT2D eigenvalue weighted by molar-refractivity contribution is -0.118. The molecule has 120 valence electrons. The molecule has 3 rings (SSSR count). The number of benzene rings is 1. The third-order valence-corrected chi connectivity index (χ3v) is 4.71. The summed E-state index contributed by atoms with van der Waals surface area (Å²) in [6.07, 6.45) is 7.49. The molecule has 4 nitrogen and oxygen atoms in total. The lowest BCUT2D eigenvalue weighted by Crippen LogP contribution is -2.38. The average molecular weight is 375 g/mol. The SMILES string of the molecule is O=C1NCC2=CC(Br)=CCC2C1=CNc1ccc(CCO)cc1. The van der Waals surface area contributed by atoms with Crippen LogP contribution >= 0.6 is 15.9 Å². The number of allylic oxidation sites excluding steroid dienone is 3. The van der Waals surface area contributed by atoms with Crippen LogP contribution in [-0.4, -0.2) is 24.2 Å². The van der Waals surface area contributed by atoms with Gasteiger partial charge in [0.15, 0.2) is 0 Å². The molecule has 1 aliphatic heterocycles. The number of amides is 1. The Morgan fingerprint density at radius 1 is 1.35 bits per heavy atom. The van der Waals surface area contributed by atoms with Gasteiger partial charge in [-0.05, 0) is 42.2 Å². The van der Waals surface area contributed by atoms with E-state index in [1.54, 1.807) is 6.20 Å². The average Bonchev–Trinajstić information content (AvgIpc) is 2.56. The van der Waals surface area contributed by atoms with E-state index in [4.69, 9.17) is 5.11 Å². The van der Waals surface area contributed by atoms with Gasteiger partial charge in [-0.3, -0.25) is 4.79 Å². The van der Waals surface area contributed by atoms with E-state index in [9.17, 15) is 4.79 Å². The molecule has 3 N–H and O–H groups in total. The fourth-order valence-electron chi connectivity index (χ4n) is 2.89. The molecule has 0 bridgehead atoms. The topological polar surface area (TPSA) is 61.4 Å². The second kappa shape index (κ2) is 7.15. The fraction of sp³-hybridized carbons (Fsp3) is 0.278. The second-order valence-corrected chi connectivity index (χ2v) is 6.61. The lowest BCUT2D eigenvalue weighted by Gasteiger charge is -2.30. The van der Waals surface area contributed by atoms with Gasteiger partial charge in [-0.2, -0.15) is 0 Å². The number of hydrogen-bond donors (Lipinski definition) is 3. The number of aliphatic hydroxyl groups excluding tert-OH is 1. The number of anilines is 1. The molecule has 2 aliphatic rings. The summed E-state index contributed by atoms with van der Waals surface area (Å²) in [5, 5.41) is 15.1. The van der Waals surface area contributed by atoms with Gasteiger partial charge in [0, 0.05) is 41.0 Å². The van der Waals surface area contributed by atoms with Crippen LogP contribution in [0.5, 0.6) is 0 Å². The van der Waals surface area contributed by atoms with Crippen molar-refractivity contribution in [2.75, 3.05) is 18.5 Å². The monoisotopic (exact) mass is 374 g/mol. The van der Waals surface area contributed by atoms with Gasteiger partial charge in [-0.1, -0.05) is 34.1 Å². The number of fused-ring (bicyclic) bond motifs is 1. The number of rotatable bonds is 4. The summed E-state index contributed by atoms with van der Waals surface area (Å²) < 4.78 is 1.08. The smallest absolute Gasteiger partial charge is 0.249 e. The number of hydrogen-bond acceptors (Lipinski definition) is 3. The third kappa shape index (κ3) is 3.74. The number of nitrogens with one attached hydrogen (secondary N) is 2. The van der Waals surface area contributed by atoms with Gasteiger partial charge in [-0.15, -0.1) is 0 Å². The van der Waals surface area contributed by atoms with Gasteiger partial charge in [0.2, 0.25) is 5.91 Å². The Morgan fingerprint density at radius 2 is 2.13 bits per heavy atom. The van der Waals surface area contributed by atoms with E-state index in [1.165, 1.54) is 5.57 Å². The van der Waals surface area contributed by atoms with Crippen molar-refractivity contribution in [3.05, 3.63) is 63.8 Å². The first-order chi connectivity index (χ1) is 11.2. The highest BCUT2D eigenvalue weighted by Crippen LogP contribution is 2.34. The number of piperidine rings is 1. The van der Waals surface area contributed by atoms with Gasteiger partial charge in [0.05, 0.1) is 0 Å². The molecule has 0 aromatic heterocycles. The van der Waals surface area contributed by atoms with E-state index in [2.05, 4.69) is 38.7 Å². The summed E-state index contributed by atoms with van der Waals surface area (Å²) in [4.78, 5) is 12.2. The molecule has 0 spiro atoms. The van der Waals surface area contributed by atoms with Gasteiger partial charge < -0.3 is 15.7 Å². The van der Waals surface area contributed by atoms with Crippen molar-refractivity contribution in [2.24, 2.45) is 5.92 Å². The Balaban J connectivity index is 1.75. The van der Waals surface area contributed by atoms with Gasteiger partial charge >= 0.3 is 0 Å². The second-order valence-electron chi connectivity index (χ2n) is 5.69. The summed E-state index contributed by atoms with van der Waals surface area (Å²) >= 11 is 3.50. The molecule has 1 aromatic carbocycles. The highest BCUT2D eigenvalue weighted by atomic mass is 79.9. The molecule has 0 saturated carbocycles. The predicted molar refractivity (Wildman–Crippen MR) is 95.1 cm³/mol. The summed E-state index contributed by atoms with van der Waals surface area (Å²) in [6, 6.07) is 7.86. The molecule has 0 radical (unpaired) electrons. The Kier molecular flexibility index (Phi) is 4.98. The molecular formula is C18H19BrN2O2. The van der Waals surface area contributed by atoms with E-state index in [0.29, 0.717) is 13.0 Å². The zero-order chi connectivity index (χ0) is 16.2. The van der Waals surface area contributed by atoms with E-state index in [1.807, 2.05) is 24.3 Å². The first-order valence-electron chi connectivity index (χ1n) is 7.68. The van der Waals surface area contributed by atoms with Crippen molar-refractivity contribution >= 4 is 27.5 Å². The quantitative estimate of drug-likeness (QED) is 0.710. The van der Waals surface area contributed by atoms with Gasteiger partial charge in [0.1, 0.15) is 0 Å². The van der Waals surface area contributed by atoms with Crippen molar-refractivity contribution in [2.45, 2.75) is 12.8 Å². The lowest BCUT2D eigenvalue weighted by atomic mass is 9.82. The van der Waals surface area contributed by atoms with Crippen LogP contribution in [0.2, 0.25) is 0 Å². The summed E-state index contributed by atoms with van der Waals surface area (Å²) in [5.41, 5.74) is 4.01. The van der Waals surface area contributed by atoms with Gasteiger partial charge in [-0.25, -0.2) is 0 Å². The van der Waals surface area contributed by atoms with Crippen LogP contribution in [0.4, 0.5) is 5.69 Å². The highest BCUT2D eigenvalue weighted by Gasteiger charge is 2.30.